The van der Waals surface area contributed by atoms with Gasteiger partial charge in [-0.1, -0.05) is 63.5 Å². The molecule has 0 radical (unpaired) electrons. The van der Waals surface area contributed by atoms with E-state index in [1.165, 1.54) is 17.7 Å². The highest BCUT2D eigenvalue weighted by Crippen LogP contribution is 2.38. The van der Waals surface area contributed by atoms with E-state index < -0.39 is 17.3 Å². The molecular weight excluding hydrogens is 717 g/mol. The smallest absolute Gasteiger partial charge is 0.410 e. The number of carbonyl (C=O) groups is 2. The van der Waals surface area contributed by atoms with Crippen molar-refractivity contribution < 1.29 is 18.7 Å². The second-order valence-corrected chi connectivity index (χ2v) is 18.6. The van der Waals surface area contributed by atoms with Crippen LogP contribution in [0.2, 0.25) is 0 Å². The first-order valence-corrected chi connectivity index (χ1v) is 18.8. The summed E-state index contributed by atoms with van der Waals surface area (Å²) in [7, 11) is 0. The fourth-order valence-corrected chi connectivity index (χ4v) is 7.74. The van der Waals surface area contributed by atoms with Crippen LogP contribution in [0.4, 0.5) is 15.0 Å². The molecule has 2 unspecified atom stereocenters. The van der Waals surface area contributed by atoms with Gasteiger partial charge in [0.15, 0.2) is 0 Å². The maximum atomic E-state index is 15.0. The molecule has 272 valence electrons. The third-order valence-electron chi connectivity index (χ3n) is 8.84. The third-order valence-corrected chi connectivity index (χ3v) is 10.2. The number of likely N-dealkylation sites (tertiary alicyclic amines) is 1. The molecule has 1 aliphatic heterocycles. The van der Waals surface area contributed by atoms with Crippen LogP contribution in [-0.2, 0) is 15.6 Å². The first-order chi connectivity index (χ1) is 23.0. The molecule has 50 heavy (non-hydrogen) atoms. The molecule has 1 aliphatic rings. The summed E-state index contributed by atoms with van der Waals surface area (Å²) in [4.78, 5) is 37.5. The molecular formula is C39H53BrFN5O3S. The lowest BCUT2D eigenvalue weighted by atomic mass is 9.86. The van der Waals surface area contributed by atoms with Gasteiger partial charge >= 0.3 is 6.09 Å². The zero-order valence-corrected chi connectivity index (χ0v) is 33.7. The fourth-order valence-electron chi connectivity index (χ4n) is 6.20. The Morgan fingerprint density at radius 1 is 1.06 bits per heavy atom. The van der Waals surface area contributed by atoms with Crippen LogP contribution in [-0.4, -0.2) is 44.6 Å². The van der Waals surface area contributed by atoms with Crippen molar-refractivity contribution in [3.05, 3.63) is 81.3 Å². The minimum absolute atomic E-state index is 0.0446. The Hall–Kier alpha value is -3.18. The Bertz CT molecular complexity index is 1700. The molecule has 4 rings (SSSR count). The van der Waals surface area contributed by atoms with Crippen molar-refractivity contribution in [3.8, 4) is 0 Å². The van der Waals surface area contributed by atoms with E-state index in [4.69, 9.17) is 14.7 Å². The van der Waals surface area contributed by atoms with Gasteiger partial charge in [0.1, 0.15) is 22.3 Å². The summed E-state index contributed by atoms with van der Waals surface area (Å²) < 4.78 is 24.2. The number of anilines is 1. The number of hydrogen-bond acceptors (Lipinski definition) is 7. The lowest BCUT2D eigenvalue weighted by Crippen LogP contribution is -2.45. The van der Waals surface area contributed by atoms with E-state index in [0.29, 0.717) is 21.9 Å². The second-order valence-electron chi connectivity index (χ2n) is 16.9. The fraction of sp³-hybridized carbons (Fsp3) is 0.538. The number of carbonyl (C=O) groups excluding carboxylic acids is 2. The van der Waals surface area contributed by atoms with Crippen LogP contribution in [0.25, 0.3) is 0 Å². The van der Waals surface area contributed by atoms with Crippen molar-refractivity contribution in [3.63, 3.8) is 0 Å². The van der Waals surface area contributed by atoms with Gasteiger partial charge in [-0.05, 0) is 118 Å². The van der Waals surface area contributed by atoms with Crippen molar-refractivity contribution in [1.82, 2.24) is 19.6 Å². The zero-order valence-electron chi connectivity index (χ0n) is 31.3. The van der Waals surface area contributed by atoms with Gasteiger partial charge in [-0.15, -0.1) is 0 Å². The number of benzene rings is 1. The maximum Gasteiger partial charge on any atom is 0.410 e. The summed E-state index contributed by atoms with van der Waals surface area (Å²) in [6, 6.07) is 12.5. The lowest BCUT2D eigenvalue weighted by Gasteiger charge is -2.33. The van der Waals surface area contributed by atoms with Gasteiger partial charge < -0.3 is 15.0 Å². The second kappa shape index (κ2) is 15.2. The minimum Gasteiger partial charge on any atom is -0.444 e. The van der Waals surface area contributed by atoms with Gasteiger partial charge in [0.2, 0.25) is 0 Å². The average Bonchev–Trinajstić information content (AvgIpc) is 3.31. The third kappa shape index (κ3) is 10.4. The van der Waals surface area contributed by atoms with Gasteiger partial charge in [-0.2, -0.15) is 0 Å². The molecule has 2 amide bonds. The normalized spacial score (nSPS) is 17.0. The number of pyridine rings is 2. The molecule has 0 bridgehead atoms. The molecule has 3 heterocycles. The van der Waals surface area contributed by atoms with Crippen LogP contribution in [0.5, 0.6) is 0 Å². The van der Waals surface area contributed by atoms with Crippen LogP contribution in [0, 0.1) is 11.7 Å². The van der Waals surface area contributed by atoms with Gasteiger partial charge in [0.05, 0.1) is 17.3 Å². The topological polar surface area (TPSA) is 96.5 Å². The number of halogens is 2. The summed E-state index contributed by atoms with van der Waals surface area (Å²) in [5, 5.41) is 4.16. The molecule has 0 spiro atoms. The number of amides is 2. The summed E-state index contributed by atoms with van der Waals surface area (Å²) >= 11 is 4.54. The molecule has 1 saturated heterocycles. The Kier molecular flexibility index (Phi) is 12.0. The van der Waals surface area contributed by atoms with E-state index >= 15 is 4.39 Å². The van der Waals surface area contributed by atoms with Gasteiger partial charge in [-0.3, -0.25) is 14.5 Å². The monoisotopic (exact) mass is 769 g/mol. The standard InChI is InChI=1S/C39H53BrFN5O3S/c1-36(2,3)25-17-18-42-31(19-25)30(16-15-24-22-39(10,11)46(23-24)35(48)49-38(7,8)9)43-32-13-12-14-33(44-32)50-45-34(47)26-20-28(40)27(21-29(26)41)37(4,5)6/h12-14,17-21,24,30H,15-16,22-23H2,1-11H3,(H,43,44)(H,45,47). The lowest BCUT2D eigenvalue weighted by molar-refractivity contribution is 0.0130. The largest absolute Gasteiger partial charge is 0.444 e. The number of nitrogens with zero attached hydrogens (tertiary/aromatic N) is 3. The quantitative estimate of drug-likeness (QED) is 0.209. The zero-order chi connectivity index (χ0) is 37.2. The Balaban J connectivity index is 1.51. The predicted octanol–water partition coefficient (Wildman–Crippen LogP) is 10.4. The van der Waals surface area contributed by atoms with Crippen LogP contribution < -0.4 is 10.0 Å². The van der Waals surface area contributed by atoms with Crippen molar-refractivity contribution in [2.75, 3.05) is 11.9 Å². The van der Waals surface area contributed by atoms with E-state index in [0.717, 1.165) is 42.5 Å². The Labute approximate surface area is 310 Å². The van der Waals surface area contributed by atoms with Crippen LogP contribution in [0.1, 0.15) is 129 Å². The van der Waals surface area contributed by atoms with Gasteiger partial charge in [0, 0.05) is 34.7 Å². The molecule has 1 aromatic carbocycles. The Morgan fingerprint density at radius 3 is 2.40 bits per heavy atom. The van der Waals surface area contributed by atoms with Crippen LogP contribution >= 0.6 is 27.9 Å². The minimum atomic E-state index is -0.577. The van der Waals surface area contributed by atoms with E-state index in [1.54, 1.807) is 6.07 Å². The van der Waals surface area contributed by atoms with E-state index in [2.05, 4.69) is 72.7 Å². The van der Waals surface area contributed by atoms with E-state index in [1.807, 2.05) is 64.8 Å². The average molecular weight is 771 g/mol. The first-order valence-electron chi connectivity index (χ1n) is 17.2. The predicted molar refractivity (Wildman–Crippen MR) is 204 cm³/mol. The maximum absolute atomic E-state index is 15.0. The SMILES string of the molecule is CC(C)(C)OC(=O)N1CC(CCC(Nc2cccc(SNC(=O)c3cc(Br)c(C(C)(C)C)cc3F)n2)c2cc(C(C)(C)C)ccn2)CC1(C)C. The first kappa shape index (κ1) is 39.6. The van der Waals surface area contributed by atoms with Crippen molar-refractivity contribution in [2.45, 2.75) is 128 Å². The van der Waals surface area contributed by atoms with Crippen LogP contribution in [0.3, 0.4) is 0 Å². The number of aromatic nitrogens is 2. The Morgan fingerprint density at radius 2 is 1.76 bits per heavy atom. The number of hydrogen-bond donors (Lipinski definition) is 2. The molecule has 2 atom stereocenters. The summed E-state index contributed by atoms with van der Waals surface area (Å²) in [5.74, 6) is -0.208. The highest BCUT2D eigenvalue weighted by molar-refractivity contribution is 9.10. The highest BCUT2D eigenvalue weighted by atomic mass is 79.9. The molecule has 3 aromatic rings. The molecule has 8 nitrogen and oxygen atoms in total. The summed E-state index contributed by atoms with van der Waals surface area (Å²) in [5.41, 5.74) is 1.62. The molecule has 0 aliphatic carbocycles. The summed E-state index contributed by atoms with van der Waals surface area (Å²) in [6.07, 6.45) is 4.07. The molecule has 1 fully saturated rings. The molecule has 11 heteroatoms. The van der Waals surface area contributed by atoms with Gasteiger partial charge in [0.25, 0.3) is 5.91 Å². The number of ether oxygens (including phenoxy) is 1. The molecule has 2 aromatic heterocycles. The number of rotatable bonds is 9. The molecule has 2 N–H and O–H groups in total. The van der Waals surface area contributed by atoms with E-state index in [-0.39, 0.29) is 40.0 Å². The summed E-state index contributed by atoms with van der Waals surface area (Å²) in [6.45, 7) is 23.0. The van der Waals surface area contributed by atoms with Crippen LogP contribution in [0.15, 0.2) is 58.2 Å². The highest BCUT2D eigenvalue weighted by Gasteiger charge is 2.43. The van der Waals surface area contributed by atoms with Crippen molar-refractivity contribution >= 4 is 45.7 Å². The van der Waals surface area contributed by atoms with Crippen molar-refractivity contribution in [1.29, 1.82) is 0 Å². The molecule has 0 saturated carbocycles. The van der Waals surface area contributed by atoms with Gasteiger partial charge in [-0.25, -0.2) is 14.2 Å². The van der Waals surface area contributed by atoms with E-state index in [9.17, 15) is 9.59 Å². The number of nitrogens with one attached hydrogen (secondary N) is 2. The van der Waals surface area contributed by atoms with Crippen molar-refractivity contribution in [2.24, 2.45) is 5.92 Å².